The number of hydrogen-bond acceptors (Lipinski definition) is 5. The number of benzene rings is 2. The molecule has 0 fully saturated rings. The number of thiocarbonyl (C=S) groups is 1. The van der Waals surface area contributed by atoms with Gasteiger partial charge in [0.05, 0.1) is 23.9 Å². The van der Waals surface area contributed by atoms with Gasteiger partial charge in [0.25, 0.3) is 0 Å². The quantitative estimate of drug-likeness (QED) is 0.563. The molecule has 0 spiro atoms. The number of fused-ring (bicyclic) bond motifs is 1. The van der Waals surface area contributed by atoms with Gasteiger partial charge in [-0.05, 0) is 68.4 Å². The van der Waals surface area contributed by atoms with Gasteiger partial charge in [-0.1, -0.05) is 12.1 Å². The maximum absolute atomic E-state index is 14.2. The summed E-state index contributed by atoms with van der Waals surface area (Å²) in [5.74, 6) is 0.455. The first-order valence-electron chi connectivity index (χ1n) is 10.0. The van der Waals surface area contributed by atoms with Crippen molar-refractivity contribution < 1.29 is 23.4 Å². The van der Waals surface area contributed by atoms with Crippen LogP contribution in [0.15, 0.2) is 47.7 Å². The van der Waals surface area contributed by atoms with Crippen molar-refractivity contribution in [2.75, 3.05) is 24.7 Å². The molecule has 162 valence electrons. The molecule has 0 radical (unpaired) electrons. The second-order valence-corrected chi connectivity index (χ2v) is 7.66. The number of esters is 1. The van der Waals surface area contributed by atoms with Crippen LogP contribution in [0.25, 0.3) is 0 Å². The van der Waals surface area contributed by atoms with Crippen LogP contribution < -0.4 is 19.7 Å². The Morgan fingerprint density at radius 2 is 1.94 bits per heavy atom. The van der Waals surface area contributed by atoms with Crippen molar-refractivity contribution in [2.24, 2.45) is 0 Å². The summed E-state index contributed by atoms with van der Waals surface area (Å²) in [4.78, 5) is 14.6. The molecule has 2 aromatic rings. The summed E-state index contributed by atoms with van der Waals surface area (Å²) in [6, 6.07) is 9.81. The van der Waals surface area contributed by atoms with Crippen LogP contribution in [0.1, 0.15) is 31.0 Å². The standard InChI is InChI=1S/C23H23FN2O4S/c1-4-28-22(27)20-14(3)26(16-7-5-13(2)17(24)12-16)23(31)25-21(20)15-6-8-18-19(11-15)30-10-9-29-18/h5-8,11-12,21H,4,9-10H2,1-3H3,(H,25,31). The maximum atomic E-state index is 14.2. The highest BCUT2D eigenvalue weighted by atomic mass is 32.1. The number of carbonyl (C=O) groups is 1. The zero-order valence-corrected chi connectivity index (χ0v) is 18.3. The zero-order valence-electron chi connectivity index (χ0n) is 17.5. The van der Waals surface area contributed by atoms with Gasteiger partial charge in [0, 0.05) is 5.70 Å². The van der Waals surface area contributed by atoms with Gasteiger partial charge < -0.3 is 19.5 Å². The van der Waals surface area contributed by atoms with E-state index in [9.17, 15) is 9.18 Å². The van der Waals surface area contributed by atoms with E-state index in [1.54, 1.807) is 37.8 Å². The van der Waals surface area contributed by atoms with Gasteiger partial charge in [-0.2, -0.15) is 0 Å². The van der Waals surface area contributed by atoms with E-state index >= 15 is 0 Å². The van der Waals surface area contributed by atoms with E-state index in [-0.39, 0.29) is 12.4 Å². The average Bonchev–Trinajstić information content (AvgIpc) is 2.75. The second-order valence-electron chi connectivity index (χ2n) is 7.27. The fraction of sp³-hybridized carbons (Fsp3) is 0.304. The van der Waals surface area contributed by atoms with Crippen LogP contribution in [0, 0.1) is 12.7 Å². The molecular formula is C23H23FN2O4S. The van der Waals surface area contributed by atoms with E-state index in [4.69, 9.17) is 26.4 Å². The molecule has 2 aromatic carbocycles. The van der Waals surface area contributed by atoms with Crippen molar-refractivity contribution in [1.29, 1.82) is 0 Å². The molecule has 4 rings (SSSR count). The number of carbonyl (C=O) groups excluding carboxylic acids is 1. The lowest BCUT2D eigenvalue weighted by atomic mass is 9.94. The lowest BCUT2D eigenvalue weighted by Gasteiger charge is -2.37. The second kappa shape index (κ2) is 8.55. The number of nitrogens with zero attached hydrogens (tertiary/aromatic N) is 1. The Bertz CT molecular complexity index is 1090. The minimum Gasteiger partial charge on any atom is -0.486 e. The summed E-state index contributed by atoms with van der Waals surface area (Å²) in [7, 11) is 0. The third kappa shape index (κ3) is 3.95. The first kappa shape index (κ1) is 21.1. The number of allylic oxidation sites excluding steroid dienone is 1. The van der Waals surface area contributed by atoms with E-state index in [1.165, 1.54) is 6.07 Å². The third-order valence-corrected chi connectivity index (χ3v) is 5.59. The van der Waals surface area contributed by atoms with Crippen LogP contribution in [-0.4, -0.2) is 30.9 Å². The monoisotopic (exact) mass is 442 g/mol. The van der Waals surface area contributed by atoms with Gasteiger partial charge in [-0.15, -0.1) is 0 Å². The minimum absolute atomic E-state index is 0.229. The van der Waals surface area contributed by atoms with Crippen molar-refractivity contribution >= 4 is 29.0 Å². The molecule has 0 amide bonds. The van der Waals surface area contributed by atoms with Crippen LogP contribution in [0.5, 0.6) is 11.5 Å². The normalized spacial score (nSPS) is 18.0. The van der Waals surface area contributed by atoms with Crippen molar-refractivity contribution in [1.82, 2.24) is 5.32 Å². The summed E-state index contributed by atoms with van der Waals surface area (Å²) in [5, 5.41) is 3.58. The van der Waals surface area contributed by atoms with Gasteiger partial charge in [0.15, 0.2) is 16.6 Å². The fourth-order valence-corrected chi connectivity index (χ4v) is 4.10. The van der Waals surface area contributed by atoms with Crippen molar-refractivity contribution in [3.8, 4) is 11.5 Å². The number of anilines is 1. The van der Waals surface area contributed by atoms with Crippen LogP contribution in [0.2, 0.25) is 0 Å². The molecule has 1 unspecified atom stereocenters. The summed E-state index contributed by atoms with van der Waals surface area (Å²) in [6.45, 7) is 6.40. The molecule has 1 N–H and O–H groups in total. The highest BCUT2D eigenvalue weighted by Gasteiger charge is 2.36. The van der Waals surface area contributed by atoms with Gasteiger partial charge in [0.1, 0.15) is 19.0 Å². The molecule has 6 nitrogen and oxygen atoms in total. The van der Waals surface area contributed by atoms with Crippen molar-refractivity contribution in [2.45, 2.75) is 26.8 Å². The lowest BCUT2D eigenvalue weighted by Crippen LogP contribution is -2.48. The molecule has 8 heteroatoms. The molecule has 31 heavy (non-hydrogen) atoms. The van der Waals surface area contributed by atoms with E-state index in [1.807, 2.05) is 18.2 Å². The molecule has 0 bridgehead atoms. The van der Waals surface area contributed by atoms with Crippen LogP contribution >= 0.6 is 12.2 Å². The Hall–Kier alpha value is -3.13. The number of hydrogen-bond donors (Lipinski definition) is 1. The molecule has 0 aromatic heterocycles. The first-order chi connectivity index (χ1) is 14.9. The third-order valence-electron chi connectivity index (χ3n) is 5.29. The van der Waals surface area contributed by atoms with Crippen LogP contribution in [0.4, 0.5) is 10.1 Å². The molecule has 2 aliphatic rings. The van der Waals surface area contributed by atoms with Crippen molar-refractivity contribution in [3.63, 3.8) is 0 Å². The molecule has 0 saturated carbocycles. The first-order valence-corrected chi connectivity index (χ1v) is 10.5. The molecule has 2 heterocycles. The van der Waals surface area contributed by atoms with Crippen LogP contribution in [-0.2, 0) is 9.53 Å². The van der Waals surface area contributed by atoms with Crippen LogP contribution in [0.3, 0.4) is 0 Å². The summed E-state index contributed by atoms with van der Waals surface area (Å²) in [6.07, 6.45) is 0. The average molecular weight is 443 g/mol. The summed E-state index contributed by atoms with van der Waals surface area (Å²) >= 11 is 5.61. The SMILES string of the molecule is CCOC(=O)C1=C(C)N(c2ccc(C)c(F)c2)C(=S)NC1c1ccc2c(c1)OCCO2. The number of nitrogens with one attached hydrogen (secondary N) is 1. The maximum Gasteiger partial charge on any atom is 0.338 e. The van der Waals surface area contributed by atoms with E-state index < -0.39 is 12.0 Å². The topological polar surface area (TPSA) is 60.0 Å². The smallest absolute Gasteiger partial charge is 0.338 e. The van der Waals surface area contributed by atoms with E-state index in [2.05, 4.69) is 5.32 Å². The number of rotatable bonds is 4. The molecule has 0 saturated heterocycles. The highest BCUT2D eigenvalue weighted by Crippen LogP contribution is 2.38. The zero-order chi connectivity index (χ0) is 22.1. The Balaban J connectivity index is 1.81. The van der Waals surface area contributed by atoms with Crippen molar-refractivity contribution in [3.05, 3.63) is 64.6 Å². The highest BCUT2D eigenvalue weighted by molar-refractivity contribution is 7.80. The predicted molar refractivity (Wildman–Crippen MR) is 119 cm³/mol. The number of halogens is 1. The predicted octanol–water partition coefficient (Wildman–Crippen LogP) is 4.18. The summed E-state index contributed by atoms with van der Waals surface area (Å²) in [5.41, 5.74) is 2.81. The van der Waals surface area contributed by atoms with Gasteiger partial charge in [-0.25, -0.2) is 9.18 Å². The Morgan fingerprint density at radius 3 is 2.65 bits per heavy atom. The molecular weight excluding hydrogens is 419 g/mol. The largest absolute Gasteiger partial charge is 0.486 e. The Labute approximate surface area is 185 Å². The van der Waals surface area contributed by atoms with Gasteiger partial charge >= 0.3 is 5.97 Å². The summed E-state index contributed by atoms with van der Waals surface area (Å²) < 4.78 is 30.9. The fourth-order valence-electron chi connectivity index (χ4n) is 3.74. The number of aryl methyl sites for hydroxylation is 1. The molecule has 0 aliphatic carbocycles. The molecule has 2 aliphatic heterocycles. The number of ether oxygens (including phenoxy) is 3. The molecule has 1 atom stereocenters. The Kier molecular flexibility index (Phi) is 5.82. The lowest BCUT2D eigenvalue weighted by molar-refractivity contribution is -0.139. The van der Waals surface area contributed by atoms with Gasteiger partial charge in [0.2, 0.25) is 0 Å². The van der Waals surface area contributed by atoms with E-state index in [0.29, 0.717) is 52.3 Å². The Morgan fingerprint density at radius 1 is 1.19 bits per heavy atom. The minimum atomic E-state index is -0.547. The van der Waals surface area contributed by atoms with E-state index in [0.717, 1.165) is 5.56 Å². The van der Waals surface area contributed by atoms with Gasteiger partial charge in [-0.3, -0.25) is 4.90 Å².